The van der Waals surface area contributed by atoms with Crippen LogP contribution in [0.1, 0.15) is 46.6 Å². The lowest BCUT2D eigenvalue weighted by Gasteiger charge is -2.13. The number of carbonyl (C=O) groups excluding carboxylic acids is 4. The van der Waals surface area contributed by atoms with E-state index >= 15 is 4.39 Å². The molecule has 0 N–H and O–H groups in total. The van der Waals surface area contributed by atoms with Crippen molar-refractivity contribution in [3.05, 3.63) is 162 Å². The van der Waals surface area contributed by atoms with Gasteiger partial charge in [0.1, 0.15) is 5.82 Å². The molecule has 2 aromatic rings. The Balaban J connectivity index is 1.92. The maximum absolute atomic E-state index is 15.7. The number of hydrogen-bond donors (Lipinski definition) is 0. The van der Waals surface area contributed by atoms with E-state index in [1.807, 2.05) is 25.2 Å². The first-order valence-corrected chi connectivity index (χ1v) is 15.6. The van der Waals surface area contributed by atoms with E-state index in [9.17, 15) is 19.2 Å². The molecule has 0 unspecified atom stereocenters. The molecule has 0 fully saturated rings. The van der Waals surface area contributed by atoms with Gasteiger partial charge in [0.05, 0.1) is 0 Å². The number of carbonyl (C=O) groups is 4. The Bertz CT molecular complexity index is 2030. The van der Waals surface area contributed by atoms with Gasteiger partial charge in [-0.3, -0.25) is 0 Å². The zero-order chi connectivity index (χ0) is 38.0. The summed E-state index contributed by atoms with van der Waals surface area (Å²) in [6.07, 6.45) is 11.0. The van der Waals surface area contributed by atoms with E-state index in [4.69, 9.17) is 18.9 Å². The van der Waals surface area contributed by atoms with E-state index in [0.29, 0.717) is 28.7 Å². The quantitative estimate of drug-likeness (QED) is 0.0673. The first-order chi connectivity index (χ1) is 24.0. The van der Waals surface area contributed by atoms with E-state index < -0.39 is 29.7 Å². The van der Waals surface area contributed by atoms with Gasteiger partial charge in [-0.25, -0.2) is 23.6 Å². The van der Waals surface area contributed by atoms with Gasteiger partial charge in [-0.2, -0.15) is 0 Å². The Morgan fingerprint density at radius 2 is 1.22 bits per heavy atom. The minimum absolute atomic E-state index is 0.00476. The molecular weight excluding hydrogens is 651 g/mol. The van der Waals surface area contributed by atoms with Crippen molar-refractivity contribution in [2.24, 2.45) is 0 Å². The molecular formula is C42H39FO8. The van der Waals surface area contributed by atoms with Gasteiger partial charge in [0.15, 0.2) is 23.0 Å². The summed E-state index contributed by atoms with van der Waals surface area (Å²) in [5, 5.41) is 0. The van der Waals surface area contributed by atoms with Gasteiger partial charge in [-0.05, 0) is 93.2 Å². The number of halogens is 1. The van der Waals surface area contributed by atoms with Crippen molar-refractivity contribution in [3.8, 4) is 22.6 Å². The second kappa shape index (κ2) is 17.3. The topological polar surface area (TPSA) is 105 Å². The number of esters is 4. The van der Waals surface area contributed by atoms with Crippen LogP contribution >= 0.6 is 0 Å². The molecule has 0 radical (unpaired) electrons. The number of allylic oxidation sites excluding steroid dienone is 9. The molecule has 0 saturated carbocycles. The third-order valence-corrected chi connectivity index (χ3v) is 7.14. The normalized spacial score (nSPS) is 12.7. The second-order valence-corrected chi connectivity index (χ2v) is 11.8. The summed E-state index contributed by atoms with van der Waals surface area (Å²) in [4.78, 5) is 48.7. The highest BCUT2D eigenvalue weighted by Crippen LogP contribution is 2.35. The fraction of sp³-hybridized carbons (Fsp3) is 0.143. The van der Waals surface area contributed by atoms with Gasteiger partial charge in [0.2, 0.25) is 0 Å². The maximum Gasteiger partial charge on any atom is 0.338 e. The highest BCUT2D eigenvalue weighted by molar-refractivity contribution is 5.92. The van der Waals surface area contributed by atoms with Gasteiger partial charge >= 0.3 is 23.9 Å². The Labute approximate surface area is 297 Å². The van der Waals surface area contributed by atoms with Crippen molar-refractivity contribution in [1.29, 1.82) is 0 Å². The van der Waals surface area contributed by atoms with E-state index in [-0.39, 0.29) is 45.3 Å². The summed E-state index contributed by atoms with van der Waals surface area (Å²) >= 11 is 0. The first kappa shape index (κ1) is 39.1. The van der Waals surface area contributed by atoms with Gasteiger partial charge in [-0.1, -0.05) is 81.5 Å². The average Bonchev–Trinajstić information content (AvgIpc) is 3.33. The van der Waals surface area contributed by atoms with Crippen LogP contribution in [0, 0.1) is 5.82 Å². The first-order valence-electron chi connectivity index (χ1n) is 15.6. The van der Waals surface area contributed by atoms with Crippen LogP contribution in [0.3, 0.4) is 0 Å². The summed E-state index contributed by atoms with van der Waals surface area (Å²) < 4.78 is 36.9. The summed E-state index contributed by atoms with van der Waals surface area (Å²) in [6, 6.07) is 9.26. The Hall–Kier alpha value is -6.35. The SMILES string of the molecule is C=C(C)C(=O)OC(=C)/C(=C\C=C(/C)C1=CC=C(c2ccc(-c3ccc(OC(=O)C(=C)C)c(OC(=O)C(=C)C)c3)cc2F)C=CC1)OC(=O)C(=C)C. The van der Waals surface area contributed by atoms with Crippen molar-refractivity contribution >= 4 is 29.5 Å². The highest BCUT2D eigenvalue weighted by atomic mass is 19.1. The molecule has 1 aliphatic rings. The Morgan fingerprint density at radius 3 is 1.80 bits per heavy atom. The van der Waals surface area contributed by atoms with E-state index in [1.54, 1.807) is 30.4 Å². The Morgan fingerprint density at radius 1 is 0.667 bits per heavy atom. The van der Waals surface area contributed by atoms with Gasteiger partial charge < -0.3 is 18.9 Å². The number of benzene rings is 2. The molecule has 51 heavy (non-hydrogen) atoms. The lowest BCUT2D eigenvalue weighted by molar-refractivity contribution is -0.139. The lowest BCUT2D eigenvalue weighted by Crippen LogP contribution is -2.12. The molecule has 8 nitrogen and oxygen atoms in total. The van der Waals surface area contributed by atoms with Crippen molar-refractivity contribution < 1.29 is 42.5 Å². The molecule has 0 amide bonds. The van der Waals surface area contributed by atoms with Gasteiger partial charge in [0, 0.05) is 27.9 Å². The molecule has 262 valence electrons. The summed E-state index contributed by atoms with van der Waals surface area (Å²) in [5.74, 6) is -3.66. The maximum atomic E-state index is 15.7. The highest BCUT2D eigenvalue weighted by Gasteiger charge is 2.18. The molecule has 0 aromatic heterocycles. The van der Waals surface area contributed by atoms with Crippen LogP contribution in [0.5, 0.6) is 11.5 Å². The van der Waals surface area contributed by atoms with Crippen LogP contribution < -0.4 is 9.47 Å². The molecule has 1 aliphatic carbocycles. The van der Waals surface area contributed by atoms with Gasteiger partial charge in [-0.15, -0.1) is 0 Å². The monoisotopic (exact) mass is 690 g/mol. The molecule has 0 heterocycles. The fourth-order valence-corrected chi connectivity index (χ4v) is 4.18. The average molecular weight is 691 g/mol. The minimum atomic E-state index is -0.721. The third-order valence-electron chi connectivity index (χ3n) is 7.14. The van der Waals surface area contributed by atoms with E-state index in [2.05, 4.69) is 32.9 Å². The van der Waals surface area contributed by atoms with Crippen LogP contribution in [0.15, 0.2) is 151 Å². The summed E-state index contributed by atoms with van der Waals surface area (Å²) in [6.45, 7) is 25.7. The van der Waals surface area contributed by atoms with Crippen molar-refractivity contribution in [2.75, 3.05) is 0 Å². The number of rotatable bonds is 13. The number of ether oxygens (including phenoxy) is 4. The standard InChI is InChI=1S/C42H39FO8/c1-24(2)39(44)48-29(10)36(49-40(45)25(3)4)20-14-28(9)30-12-11-13-31(16-15-30)34-19-17-32(22-35(34)43)33-18-21-37(50-41(46)26(5)6)38(23-33)51-42(47)27(7)8/h11,13-23H,1,3,5,7,10,12H2,2,4,6,8-9H3/b28-14+,36-20+. The molecule has 0 atom stereocenters. The third kappa shape index (κ3) is 10.8. The molecule has 3 rings (SSSR count). The largest absolute Gasteiger partial charge is 0.420 e. The second-order valence-electron chi connectivity index (χ2n) is 11.8. The lowest BCUT2D eigenvalue weighted by atomic mass is 9.99. The van der Waals surface area contributed by atoms with Crippen molar-refractivity contribution in [2.45, 2.75) is 41.0 Å². The summed E-state index contributed by atoms with van der Waals surface area (Å²) in [7, 11) is 0. The van der Waals surface area contributed by atoms with Gasteiger partial charge in [0.25, 0.3) is 0 Å². The smallest absolute Gasteiger partial charge is 0.338 e. The van der Waals surface area contributed by atoms with Crippen LogP contribution in [0.25, 0.3) is 16.7 Å². The van der Waals surface area contributed by atoms with Crippen molar-refractivity contribution in [3.63, 3.8) is 0 Å². The van der Waals surface area contributed by atoms with Crippen LogP contribution in [0.2, 0.25) is 0 Å². The number of hydrogen-bond acceptors (Lipinski definition) is 8. The van der Waals surface area contributed by atoms with Crippen LogP contribution in [-0.2, 0) is 28.7 Å². The molecule has 0 bridgehead atoms. The Kier molecular flexibility index (Phi) is 13.3. The minimum Gasteiger partial charge on any atom is -0.420 e. The van der Waals surface area contributed by atoms with Crippen molar-refractivity contribution in [1.82, 2.24) is 0 Å². The predicted molar refractivity (Wildman–Crippen MR) is 195 cm³/mol. The molecule has 9 heteroatoms. The molecule has 0 aliphatic heterocycles. The van der Waals surface area contributed by atoms with E-state index in [1.165, 1.54) is 52.0 Å². The van der Waals surface area contributed by atoms with Crippen LogP contribution in [0.4, 0.5) is 4.39 Å². The zero-order valence-corrected chi connectivity index (χ0v) is 29.3. The zero-order valence-electron chi connectivity index (χ0n) is 29.3. The van der Waals surface area contributed by atoms with Crippen LogP contribution in [-0.4, -0.2) is 23.9 Å². The molecule has 0 saturated heterocycles. The molecule has 2 aromatic carbocycles. The predicted octanol–water partition coefficient (Wildman–Crippen LogP) is 9.31. The van der Waals surface area contributed by atoms with E-state index in [0.717, 1.165) is 11.1 Å². The molecule has 0 spiro atoms. The summed E-state index contributed by atoms with van der Waals surface area (Å²) in [5.41, 5.74) is 4.21. The fourth-order valence-electron chi connectivity index (χ4n) is 4.18.